The summed E-state index contributed by atoms with van der Waals surface area (Å²) in [6.07, 6.45) is 0. The fourth-order valence-electron chi connectivity index (χ4n) is 3.02. The lowest BCUT2D eigenvalue weighted by atomic mass is 9.98. The summed E-state index contributed by atoms with van der Waals surface area (Å²) in [5, 5.41) is 0. The highest BCUT2D eigenvalue weighted by molar-refractivity contribution is 5.36. The predicted molar refractivity (Wildman–Crippen MR) is 86.6 cm³/mol. The average Bonchev–Trinajstić information content (AvgIpc) is 2.34. The zero-order valence-electron chi connectivity index (χ0n) is 13.8. The van der Waals surface area contributed by atoms with Crippen LogP contribution in [0.2, 0.25) is 0 Å². The first-order valence-corrected chi connectivity index (χ1v) is 7.30. The summed E-state index contributed by atoms with van der Waals surface area (Å²) in [6.45, 7) is 8.78. The molecule has 0 aliphatic carbocycles. The molecule has 114 valence electrons. The molecule has 2 rings (SSSR count). The van der Waals surface area contributed by atoms with Crippen LogP contribution in [0.25, 0.3) is 0 Å². The van der Waals surface area contributed by atoms with Gasteiger partial charge in [0, 0.05) is 11.1 Å². The molecule has 21 heavy (non-hydrogen) atoms. The summed E-state index contributed by atoms with van der Waals surface area (Å²) in [4.78, 5) is 0. The van der Waals surface area contributed by atoms with Gasteiger partial charge in [0.15, 0.2) is 0 Å². The van der Waals surface area contributed by atoms with Crippen molar-refractivity contribution in [1.29, 1.82) is 0 Å². The molecule has 0 heterocycles. The normalized spacial score (nSPS) is 11.1. The second-order valence-corrected chi connectivity index (χ2v) is 6.61. The molecule has 0 spiro atoms. The van der Waals surface area contributed by atoms with E-state index >= 15 is 0 Å². The number of quaternary nitrogens is 1. The Morgan fingerprint density at radius 3 is 1.86 bits per heavy atom. The standard InChI is InChI=1S/C19H26N.ClH/c1-15-11-16(2)19(17(3)12-15)14-20(4,5)13-18-9-7-6-8-10-18;/h6-12H,13-14H2,1-5H3;1H/q+1;/p-1. The van der Waals surface area contributed by atoms with Crippen molar-refractivity contribution in [1.82, 2.24) is 0 Å². The maximum atomic E-state index is 2.31. The van der Waals surface area contributed by atoms with Crippen LogP contribution in [0.4, 0.5) is 0 Å². The van der Waals surface area contributed by atoms with Crippen LogP contribution in [0.5, 0.6) is 0 Å². The number of rotatable bonds is 4. The van der Waals surface area contributed by atoms with Gasteiger partial charge in [-0.1, -0.05) is 48.0 Å². The van der Waals surface area contributed by atoms with Crippen molar-refractivity contribution in [3.8, 4) is 0 Å². The zero-order chi connectivity index (χ0) is 14.8. The van der Waals surface area contributed by atoms with Gasteiger partial charge < -0.3 is 16.9 Å². The second kappa shape index (κ2) is 7.11. The molecule has 0 aliphatic rings. The number of aryl methyl sites for hydroxylation is 3. The minimum absolute atomic E-state index is 0. The Morgan fingerprint density at radius 1 is 0.810 bits per heavy atom. The van der Waals surface area contributed by atoms with E-state index in [0.717, 1.165) is 17.6 Å². The third kappa shape index (κ3) is 4.87. The fraction of sp³-hybridized carbons (Fsp3) is 0.368. The van der Waals surface area contributed by atoms with E-state index in [4.69, 9.17) is 0 Å². The second-order valence-electron chi connectivity index (χ2n) is 6.61. The number of hydrogen-bond donors (Lipinski definition) is 0. The molecule has 0 aromatic heterocycles. The van der Waals surface area contributed by atoms with Crippen molar-refractivity contribution in [2.45, 2.75) is 33.9 Å². The van der Waals surface area contributed by atoms with Gasteiger partial charge in [0.25, 0.3) is 0 Å². The molecule has 0 atom stereocenters. The molecule has 2 aromatic carbocycles. The van der Waals surface area contributed by atoms with Crippen molar-refractivity contribution >= 4 is 0 Å². The minimum Gasteiger partial charge on any atom is -1.00 e. The van der Waals surface area contributed by atoms with Gasteiger partial charge in [-0.3, -0.25) is 0 Å². The smallest absolute Gasteiger partial charge is 0.105 e. The van der Waals surface area contributed by atoms with Gasteiger partial charge in [-0.25, -0.2) is 0 Å². The van der Waals surface area contributed by atoms with E-state index in [2.05, 4.69) is 77.3 Å². The van der Waals surface area contributed by atoms with Crippen LogP contribution in [-0.4, -0.2) is 18.6 Å². The predicted octanol–water partition coefficient (Wildman–Crippen LogP) is 1.39. The highest BCUT2D eigenvalue weighted by Gasteiger charge is 2.19. The molecule has 0 amide bonds. The molecule has 0 saturated heterocycles. The van der Waals surface area contributed by atoms with Crippen LogP contribution in [-0.2, 0) is 13.1 Å². The van der Waals surface area contributed by atoms with Gasteiger partial charge in [0.05, 0.1) is 14.1 Å². The first kappa shape index (κ1) is 17.7. The largest absolute Gasteiger partial charge is 1.00 e. The molecule has 0 bridgehead atoms. The van der Waals surface area contributed by atoms with Crippen LogP contribution in [0, 0.1) is 20.8 Å². The number of benzene rings is 2. The summed E-state index contributed by atoms with van der Waals surface area (Å²) in [7, 11) is 4.62. The maximum Gasteiger partial charge on any atom is 0.105 e. The Balaban J connectivity index is 0.00000220. The Bertz CT molecular complexity index is 565. The first-order chi connectivity index (χ1) is 9.37. The Morgan fingerprint density at radius 2 is 1.33 bits per heavy atom. The molecule has 0 radical (unpaired) electrons. The molecule has 0 fully saturated rings. The molecule has 0 unspecified atom stereocenters. The highest BCUT2D eigenvalue weighted by atomic mass is 35.5. The van der Waals surface area contributed by atoms with E-state index < -0.39 is 0 Å². The molecule has 0 saturated carbocycles. The molecular weight excluding hydrogens is 278 g/mol. The molecular formula is C19H26ClN. The van der Waals surface area contributed by atoms with Crippen molar-refractivity contribution in [3.63, 3.8) is 0 Å². The quantitative estimate of drug-likeness (QED) is 0.749. The summed E-state index contributed by atoms with van der Waals surface area (Å²) >= 11 is 0. The van der Waals surface area contributed by atoms with E-state index in [1.165, 1.54) is 27.8 Å². The molecule has 0 N–H and O–H groups in total. The number of hydrogen-bond acceptors (Lipinski definition) is 0. The minimum atomic E-state index is 0. The lowest BCUT2D eigenvalue weighted by molar-refractivity contribution is -0.916. The third-order valence-corrected chi connectivity index (χ3v) is 3.88. The molecule has 1 nitrogen and oxygen atoms in total. The van der Waals surface area contributed by atoms with Crippen LogP contribution in [0.3, 0.4) is 0 Å². The van der Waals surface area contributed by atoms with Crippen LogP contribution in [0.15, 0.2) is 42.5 Å². The Hall–Kier alpha value is -1.31. The van der Waals surface area contributed by atoms with Gasteiger partial charge in [0.1, 0.15) is 13.1 Å². The third-order valence-electron chi connectivity index (χ3n) is 3.88. The first-order valence-electron chi connectivity index (χ1n) is 7.30. The fourth-order valence-corrected chi connectivity index (χ4v) is 3.02. The van der Waals surface area contributed by atoms with E-state index in [1.54, 1.807) is 0 Å². The maximum absolute atomic E-state index is 2.31. The van der Waals surface area contributed by atoms with Gasteiger partial charge in [-0.2, -0.15) is 0 Å². The van der Waals surface area contributed by atoms with Crippen LogP contribution >= 0.6 is 0 Å². The van der Waals surface area contributed by atoms with Gasteiger partial charge in [-0.15, -0.1) is 0 Å². The zero-order valence-corrected chi connectivity index (χ0v) is 14.5. The van der Waals surface area contributed by atoms with E-state index in [1.807, 2.05) is 0 Å². The lowest BCUT2D eigenvalue weighted by Crippen LogP contribution is -3.00. The molecule has 2 heteroatoms. The van der Waals surface area contributed by atoms with Gasteiger partial charge in [0.2, 0.25) is 0 Å². The van der Waals surface area contributed by atoms with E-state index in [0.29, 0.717) is 0 Å². The molecule has 0 aliphatic heterocycles. The Kier molecular flexibility index (Phi) is 6.00. The van der Waals surface area contributed by atoms with Crippen molar-refractivity contribution in [2.24, 2.45) is 0 Å². The lowest BCUT2D eigenvalue weighted by Gasteiger charge is -2.31. The summed E-state index contributed by atoms with van der Waals surface area (Å²) in [6, 6.07) is 15.4. The van der Waals surface area contributed by atoms with Crippen molar-refractivity contribution in [3.05, 3.63) is 70.3 Å². The average molecular weight is 304 g/mol. The molecule has 2 aromatic rings. The van der Waals surface area contributed by atoms with Gasteiger partial charge >= 0.3 is 0 Å². The van der Waals surface area contributed by atoms with Gasteiger partial charge in [-0.05, 0) is 31.9 Å². The highest BCUT2D eigenvalue weighted by Crippen LogP contribution is 2.22. The van der Waals surface area contributed by atoms with Crippen molar-refractivity contribution in [2.75, 3.05) is 14.1 Å². The van der Waals surface area contributed by atoms with E-state index in [9.17, 15) is 0 Å². The Labute approximate surface area is 135 Å². The summed E-state index contributed by atoms with van der Waals surface area (Å²) < 4.78 is 0.981. The summed E-state index contributed by atoms with van der Waals surface area (Å²) in [5.74, 6) is 0. The van der Waals surface area contributed by atoms with E-state index in [-0.39, 0.29) is 12.4 Å². The van der Waals surface area contributed by atoms with Crippen LogP contribution < -0.4 is 12.4 Å². The SMILES string of the molecule is Cc1cc(C)c(C[N+](C)(C)Cc2ccccc2)c(C)c1.[Cl-]. The monoisotopic (exact) mass is 303 g/mol. The topological polar surface area (TPSA) is 0 Å². The number of halogens is 1. The van der Waals surface area contributed by atoms with Crippen LogP contribution in [0.1, 0.15) is 27.8 Å². The summed E-state index contributed by atoms with van der Waals surface area (Å²) in [5.41, 5.74) is 7.09. The number of nitrogens with zero attached hydrogens (tertiary/aromatic N) is 1. The van der Waals surface area contributed by atoms with Crippen molar-refractivity contribution < 1.29 is 16.9 Å².